The van der Waals surface area contributed by atoms with Gasteiger partial charge in [0.1, 0.15) is 0 Å². The zero-order valence-corrected chi connectivity index (χ0v) is 14.2. The maximum absolute atomic E-state index is 12.2. The molecule has 1 unspecified atom stereocenters. The molecule has 2 heterocycles. The number of hydrogen-bond donors (Lipinski definition) is 1. The van der Waals surface area contributed by atoms with Gasteiger partial charge in [-0.15, -0.1) is 11.3 Å². The van der Waals surface area contributed by atoms with E-state index in [2.05, 4.69) is 15.3 Å². The van der Waals surface area contributed by atoms with Gasteiger partial charge in [-0.3, -0.25) is 15.1 Å². The number of benzene rings is 1. The van der Waals surface area contributed by atoms with E-state index in [9.17, 15) is 9.59 Å². The zero-order valence-electron chi connectivity index (χ0n) is 13.4. The molecule has 3 aromatic rings. The van der Waals surface area contributed by atoms with Crippen molar-refractivity contribution in [3.63, 3.8) is 0 Å². The van der Waals surface area contributed by atoms with Crippen molar-refractivity contribution in [2.45, 2.75) is 13.0 Å². The Labute approximate surface area is 148 Å². The first-order valence-electron chi connectivity index (χ1n) is 7.56. The van der Waals surface area contributed by atoms with E-state index in [1.54, 1.807) is 18.3 Å². The Morgan fingerprint density at radius 2 is 1.96 bits per heavy atom. The summed E-state index contributed by atoms with van der Waals surface area (Å²) in [5.74, 6) is -1.04. The fourth-order valence-corrected chi connectivity index (χ4v) is 2.77. The molecule has 126 valence electrons. The second kappa shape index (κ2) is 7.67. The highest BCUT2D eigenvalue weighted by Crippen LogP contribution is 2.24. The van der Waals surface area contributed by atoms with Crippen LogP contribution in [0.15, 0.2) is 60.2 Å². The Balaban J connectivity index is 1.60. The van der Waals surface area contributed by atoms with Gasteiger partial charge in [0.2, 0.25) is 0 Å². The summed E-state index contributed by atoms with van der Waals surface area (Å²) in [5, 5.41) is 4.97. The molecule has 0 bridgehead atoms. The Bertz CT molecular complexity index is 866. The number of amides is 1. The van der Waals surface area contributed by atoms with Gasteiger partial charge < -0.3 is 4.74 Å². The first kappa shape index (κ1) is 16.8. The molecular formula is C18H15N3O3S. The first-order valence-corrected chi connectivity index (χ1v) is 8.44. The fraction of sp³-hybridized carbons (Fsp3) is 0.111. The molecule has 2 aromatic heterocycles. The normalized spacial score (nSPS) is 11.6. The number of thiazole rings is 1. The summed E-state index contributed by atoms with van der Waals surface area (Å²) >= 11 is 1.31. The minimum atomic E-state index is -0.947. The van der Waals surface area contributed by atoms with Crippen LogP contribution in [0.2, 0.25) is 0 Å². The molecule has 6 nitrogen and oxygen atoms in total. The summed E-state index contributed by atoms with van der Waals surface area (Å²) in [6.07, 6.45) is 2.00. The predicted octanol–water partition coefficient (Wildman–Crippen LogP) is 3.39. The lowest BCUT2D eigenvalue weighted by Crippen LogP contribution is -2.30. The van der Waals surface area contributed by atoms with E-state index in [1.165, 1.54) is 24.5 Å². The molecule has 3 rings (SSSR count). The van der Waals surface area contributed by atoms with E-state index in [0.29, 0.717) is 10.7 Å². The number of nitrogens with zero attached hydrogens (tertiary/aromatic N) is 2. The van der Waals surface area contributed by atoms with E-state index >= 15 is 0 Å². The standard InChI is InChI=1S/C18H15N3O3S/c1-12(24-17(23)14-8-5-9-19-10-14)16(22)21-18-20-15(11-25-18)13-6-3-2-4-7-13/h2-12H,1H3,(H,20,21,22). The van der Waals surface area contributed by atoms with Crippen LogP contribution in [0.5, 0.6) is 0 Å². The molecule has 7 heteroatoms. The summed E-state index contributed by atoms with van der Waals surface area (Å²) in [5.41, 5.74) is 2.04. The van der Waals surface area contributed by atoms with Crippen molar-refractivity contribution in [1.82, 2.24) is 9.97 Å². The lowest BCUT2D eigenvalue weighted by atomic mass is 10.2. The third kappa shape index (κ3) is 4.27. The summed E-state index contributed by atoms with van der Waals surface area (Å²) < 4.78 is 5.15. The molecule has 25 heavy (non-hydrogen) atoms. The van der Waals surface area contributed by atoms with Crippen molar-refractivity contribution in [1.29, 1.82) is 0 Å². The number of carbonyl (C=O) groups excluding carboxylic acids is 2. The molecule has 0 saturated heterocycles. The van der Waals surface area contributed by atoms with Crippen LogP contribution in [0, 0.1) is 0 Å². The molecule has 0 fully saturated rings. The molecule has 0 aliphatic rings. The van der Waals surface area contributed by atoms with Crippen molar-refractivity contribution in [2.75, 3.05) is 5.32 Å². The average Bonchev–Trinajstić information content (AvgIpc) is 3.11. The van der Waals surface area contributed by atoms with Crippen LogP contribution in [0.3, 0.4) is 0 Å². The summed E-state index contributed by atoms with van der Waals surface area (Å²) in [6.45, 7) is 1.51. The second-order valence-corrected chi connectivity index (χ2v) is 6.04. The van der Waals surface area contributed by atoms with E-state index < -0.39 is 18.0 Å². The fourth-order valence-electron chi connectivity index (χ4n) is 2.05. The van der Waals surface area contributed by atoms with Gasteiger partial charge in [0, 0.05) is 23.3 Å². The van der Waals surface area contributed by atoms with Crippen LogP contribution in [0.25, 0.3) is 11.3 Å². The maximum Gasteiger partial charge on any atom is 0.340 e. The molecular weight excluding hydrogens is 338 g/mol. The minimum Gasteiger partial charge on any atom is -0.449 e. The van der Waals surface area contributed by atoms with Gasteiger partial charge in [-0.05, 0) is 19.1 Å². The summed E-state index contributed by atoms with van der Waals surface area (Å²) in [4.78, 5) is 32.4. The Morgan fingerprint density at radius 3 is 2.68 bits per heavy atom. The topological polar surface area (TPSA) is 81.2 Å². The zero-order chi connectivity index (χ0) is 17.6. The van der Waals surface area contributed by atoms with Crippen LogP contribution >= 0.6 is 11.3 Å². The number of anilines is 1. The maximum atomic E-state index is 12.2. The van der Waals surface area contributed by atoms with Gasteiger partial charge in [-0.2, -0.15) is 0 Å². The number of esters is 1. The molecule has 0 radical (unpaired) electrons. The van der Waals surface area contributed by atoms with Crippen LogP contribution in [0.4, 0.5) is 5.13 Å². The number of aromatic nitrogens is 2. The van der Waals surface area contributed by atoms with Gasteiger partial charge in [0.15, 0.2) is 11.2 Å². The number of ether oxygens (including phenoxy) is 1. The highest BCUT2D eigenvalue weighted by Gasteiger charge is 2.20. The van der Waals surface area contributed by atoms with Crippen molar-refractivity contribution in [3.8, 4) is 11.3 Å². The predicted molar refractivity (Wildman–Crippen MR) is 95.3 cm³/mol. The van der Waals surface area contributed by atoms with Crippen LogP contribution in [-0.2, 0) is 9.53 Å². The van der Waals surface area contributed by atoms with Gasteiger partial charge in [-0.1, -0.05) is 30.3 Å². The first-order chi connectivity index (χ1) is 12.1. The van der Waals surface area contributed by atoms with E-state index in [0.717, 1.165) is 11.3 Å². The highest BCUT2D eigenvalue weighted by molar-refractivity contribution is 7.14. The molecule has 1 atom stereocenters. The summed E-state index contributed by atoms with van der Waals surface area (Å²) in [6, 6.07) is 12.9. The highest BCUT2D eigenvalue weighted by atomic mass is 32.1. The molecule has 1 amide bonds. The Morgan fingerprint density at radius 1 is 1.16 bits per heavy atom. The molecule has 1 aromatic carbocycles. The Kier molecular flexibility index (Phi) is 5.15. The molecule has 0 spiro atoms. The van der Waals surface area contributed by atoms with E-state index in [4.69, 9.17) is 4.74 Å². The largest absolute Gasteiger partial charge is 0.449 e. The van der Waals surface area contributed by atoms with Gasteiger partial charge >= 0.3 is 5.97 Å². The van der Waals surface area contributed by atoms with Crippen molar-refractivity contribution in [3.05, 3.63) is 65.8 Å². The molecule has 1 N–H and O–H groups in total. The number of rotatable bonds is 5. The second-order valence-electron chi connectivity index (χ2n) is 5.18. The third-order valence-corrected chi connectivity index (χ3v) is 4.11. The molecule has 0 aliphatic heterocycles. The van der Waals surface area contributed by atoms with E-state index in [-0.39, 0.29) is 0 Å². The molecule has 0 saturated carbocycles. The van der Waals surface area contributed by atoms with Crippen molar-refractivity contribution < 1.29 is 14.3 Å². The summed E-state index contributed by atoms with van der Waals surface area (Å²) in [7, 11) is 0. The van der Waals surface area contributed by atoms with Crippen molar-refractivity contribution >= 4 is 28.3 Å². The van der Waals surface area contributed by atoms with Gasteiger partial charge in [-0.25, -0.2) is 9.78 Å². The quantitative estimate of drug-likeness (QED) is 0.711. The number of carbonyl (C=O) groups is 2. The number of pyridine rings is 1. The van der Waals surface area contributed by atoms with Gasteiger partial charge in [0.25, 0.3) is 5.91 Å². The average molecular weight is 353 g/mol. The number of hydrogen-bond acceptors (Lipinski definition) is 6. The Hall–Kier alpha value is -3.06. The minimum absolute atomic E-state index is 0.294. The monoisotopic (exact) mass is 353 g/mol. The van der Waals surface area contributed by atoms with E-state index in [1.807, 2.05) is 35.7 Å². The smallest absolute Gasteiger partial charge is 0.340 e. The SMILES string of the molecule is CC(OC(=O)c1cccnc1)C(=O)Nc1nc(-c2ccccc2)cs1. The number of nitrogens with one attached hydrogen (secondary N) is 1. The van der Waals surface area contributed by atoms with Crippen LogP contribution < -0.4 is 5.32 Å². The molecule has 0 aliphatic carbocycles. The lowest BCUT2D eigenvalue weighted by molar-refractivity contribution is -0.123. The van der Waals surface area contributed by atoms with Gasteiger partial charge in [0.05, 0.1) is 11.3 Å². The lowest BCUT2D eigenvalue weighted by Gasteiger charge is -2.12. The third-order valence-electron chi connectivity index (χ3n) is 3.35. The van der Waals surface area contributed by atoms with Crippen LogP contribution in [0.1, 0.15) is 17.3 Å². The van der Waals surface area contributed by atoms with Crippen molar-refractivity contribution in [2.24, 2.45) is 0 Å². The van der Waals surface area contributed by atoms with Crippen LogP contribution in [-0.4, -0.2) is 27.9 Å².